The van der Waals surface area contributed by atoms with Crippen LogP contribution in [-0.4, -0.2) is 31.0 Å². The first-order valence-corrected chi connectivity index (χ1v) is 10.8. The largest absolute Gasteiger partial charge is 0.417 e. The Bertz CT molecular complexity index is 1270. The highest BCUT2D eigenvalue weighted by Gasteiger charge is 2.31. The zero-order chi connectivity index (χ0) is 24.8. The van der Waals surface area contributed by atoms with Crippen molar-refractivity contribution < 1.29 is 22.0 Å². The second-order valence-corrected chi connectivity index (χ2v) is 7.84. The van der Waals surface area contributed by atoms with Gasteiger partial charge in [0.15, 0.2) is 5.82 Å². The number of pyridine rings is 1. The Balaban J connectivity index is 1.56. The van der Waals surface area contributed by atoms with Gasteiger partial charge in [-0.25, -0.2) is 23.7 Å². The summed E-state index contributed by atoms with van der Waals surface area (Å²) < 4.78 is 68.7. The lowest BCUT2D eigenvalue weighted by molar-refractivity contribution is -0.137. The maximum atomic E-state index is 14.0. The van der Waals surface area contributed by atoms with Crippen LogP contribution >= 0.6 is 0 Å². The molecule has 0 aliphatic carbocycles. The molecule has 1 N–H and O–H groups in total. The van der Waals surface area contributed by atoms with Gasteiger partial charge in [-0.1, -0.05) is 6.07 Å². The number of alkyl halides is 3. The van der Waals surface area contributed by atoms with Gasteiger partial charge in [0.05, 0.1) is 11.9 Å². The fourth-order valence-electron chi connectivity index (χ4n) is 3.45. The molecule has 0 spiro atoms. The van der Waals surface area contributed by atoms with Crippen LogP contribution in [0.15, 0.2) is 61.4 Å². The van der Waals surface area contributed by atoms with Gasteiger partial charge >= 0.3 is 6.18 Å². The number of hydrogen-bond acceptors (Lipinski definition) is 5. The number of nitrogens with one attached hydrogen (secondary N) is 1. The summed E-state index contributed by atoms with van der Waals surface area (Å²) in [5.74, 6) is -0.848. The van der Waals surface area contributed by atoms with Crippen molar-refractivity contribution >= 4 is 5.82 Å². The predicted octanol–water partition coefficient (Wildman–Crippen LogP) is 5.32. The summed E-state index contributed by atoms with van der Waals surface area (Å²) in [4.78, 5) is 16.4. The van der Waals surface area contributed by atoms with Crippen LogP contribution in [-0.2, 0) is 25.6 Å². The second kappa shape index (κ2) is 10.6. The summed E-state index contributed by atoms with van der Waals surface area (Å²) in [5.41, 5.74) is -0.00119. The van der Waals surface area contributed by atoms with Gasteiger partial charge in [0.2, 0.25) is 0 Å². The Labute approximate surface area is 197 Å². The maximum Gasteiger partial charge on any atom is 0.417 e. The number of aromatic nitrogens is 5. The number of nitrogens with zero attached hydrogens (tertiary/aromatic N) is 5. The predicted molar refractivity (Wildman–Crippen MR) is 119 cm³/mol. The van der Waals surface area contributed by atoms with E-state index in [-0.39, 0.29) is 24.2 Å². The zero-order valence-corrected chi connectivity index (χ0v) is 18.4. The molecule has 0 unspecified atom stereocenters. The summed E-state index contributed by atoms with van der Waals surface area (Å²) >= 11 is 0. The third-order valence-corrected chi connectivity index (χ3v) is 5.23. The molecule has 0 saturated carbocycles. The van der Waals surface area contributed by atoms with Crippen molar-refractivity contribution in [3.05, 3.63) is 89.9 Å². The van der Waals surface area contributed by atoms with Gasteiger partial charge in [-0.15, -0.1) is 0 Å². The van der Waals surface area contributed by atoms with Crippen LogP contribution in [0.25, 0.3) is 11.4 Å². The van der Waals surface area contributed by atoms with E-state index in [1.165, 1.54) is 18.3 Å². The lowest BCUT2D eigenvalue weighted by Gasteiger charge is -2.12. The Morgan fingerprint density at radius 2 is 1.80 bits per heavy atom. The molecule has 0 amide bonds. The molecule has 0 bridgehead atoms. The lowest BCUT2D eigenvalue weighted by atomic mass is 10.1. The van der Waals surface area contributed by atoms with E-state index in [4.69, 9.17) is 0 Å². The summed E-state index contributed by atoms with van der Waals surface area (Å²) in [6.07, 6.45) is 3.91. The summed E-state index contributed by atoms with van der Waals surface area (Å²) in [6.45, 7) is 1.26. The van der Waals surface area contributed by atoms with Gasteiger partial charge in [-0.2, -0.15) is 13.2 Å². The molecule has 0 fully saturated rings. The van der Waals surface area contributed by atoms with Crippen molar-refractivity contribution in [3.8, 4) is 11.4 Å². The number of imidazole rings is 1. The van der Waals surface area contributed by atoms with Gasteiger partial charge in [-0.3, -0.25) is 4.98 Å². The molecule has 6 nitrogen and oxygen atoms in total. The van der Waals surface area contributed by atoms with Crippen LogP contribution in [0.4, 0.5) is 27.8 Å². The molecular formula is C24H21F5N6. The number of anilines is 1. The number of rotatable bonds is 9. The minimum absolute atomic E-state index is 0.0674. The molecular weight excluding hydrogens is 467 g/mol. The van der Waals surface area contributed by atoms with Crippen molar-refractivity contribution in [2.45, 2.75) is 32.0 Å². The fraction of sp³-hybridized carbons (Fsp3) is 0.250. The van der Waals surface area contributed by atoms with Crippen LogP contribution in [0.3, 0.4) is 0 Å². The van der Waals surface area contributed by atoms with Crippen LogP contribution in [0.2, 0.25) is 0 Å². The molecule has 0 atom stereocenters. The monoisotopic (exact) mass is 488 g/mol. The highest BCUT2D eigenvalue weighted by molar-refractivity contribution is 5.57. The van der Waals surface area contributed by atoms with Gasteiger partial charge in [-0.05, 0) is 37.0 Å². The van der Waals surface area contributed by atoms with E-state index in [0.717, 1.165) is 31.3 Å². The number of benzene rings is 1. The molecule has 0 aliphatic rings. The van der Waals surface area contributed by atoms with Crippen molar-refractivity contribution in [3.63, 3.8) is 0 Å². The molecule has 11 heteroatoms. The van der Waals surface area contributed by atoms with Gasteiger partial charge in [0.25, 0.3) is 0 Å². The lowest BCUT2D eigenvalue weighted by Crippen LogP contribution is -2.10. The van der Waals surface area contributed by atoms with Gasteiger partial charge in [0, 0.05) is 61.3 Å². The Hall–Kier alpha value is -3.89. The first-order chi connectivity index (χ1) is 16.8. The Kier molecular flexibility index (Phi) is 7.33. The van der Waals surface area contributed by atoms with Crippen molar-refractivity contribution in [1.29, 1.82) is 0 Å². The summed E-state index contributed by atoms with van der Waals surface area (Å²) in [6, 6.07) is 5.95. The smallest absolute Gasteiger partial charge is 0.370 e. The number of hydrogen-bond donors (Lipinski definition) is 1. The molecule has 35 heavy (non-hydrogen) atoms. The van der Waals surface area contributed by atoms with Gasteiger partial charge in [0.1, 0.15) is 17.5 Å². The molecule has 182 valence electrons. The molecule has 0 saturated heterocycles. The van der Waals surface area contributed by atoms with E-state index in [1.54, 1.807) is 18.6 Å². The number of aryl methyl sites for hydroxylation is 3. The van der Waals surface area contributed by atoms with Crippen molar-refractivity contribution in [1.82, 2.24) is 24.5 Å². The van der Waals surface area contributed by atoms with Crippen LogP contribution in [0.1, 0.15) is 23.2 Å². The van der Waals surface area contributed by atoms with E-state index in [9.17, 15) is 22.0 Å². The first-order valence-electron chi connectivity index (χ1n) is 10.8. The molecule has 4 aromatic rings. The van der Waals surface area contributed by atoms with Crippen molar-refractivity contribution in [2.24, 2.45) is 0 Å². The van der Waals surface area contributed by atoms with E-state index < -0.39 is 23.4 Å². The molecule has 0 radical (unpaired) electrons. The molecule has 1 aromatic carbocycles. The molecule has 4 rings (SSSR count). The molecule has 3 heterocycles. The second-order valence-electron chi connectivity index (χ2n) is 7.84. The summed E-state index contributed by atoms with van der Waals surface area (Å²) in [5, 5.41) is 3.17. The Morgan fingerprint density at radius 3 is 2.54 bits per heavy atom. The van der Waals surface area contributed by atoms with E-state index in [0.29, 0.717) is 23.6 Å². The normalized spacial score (nSPS) is 11.6. The fourth-order valence-corrected chi connectivity index (χ4v) is 3.45. The maximum absolute atomic E-state index is 14.0. The Morgan fingerprint density at radius 1 is 0.943 bits per heavy atom. The number of halogens is 5. The third kappa shape index (κ3) is 6.58. The topological polar surface area (TPSA) is 68.5 Å². The van der Waals surface area contributed by atoms with E-state index >= 15 is 0 Å². The third-order valence-electron chi connectivity index (χ3n) is 5.23. The highest BCUT2D eigenvalue weighted by atomic mass is 19.4. The minimum Gasteiger partial charge on any atom is -0.370 e. The van der Waals surface area contributed by atoms with Crippen LogP contribution in [0, 0.1) is 11.6 Å². The van der Waals surface area contributed by atoms with Crippen molar-refractivity contribution in [2.75, 3.05) is 11.9 Å². The van der Waals surface area contributed by atoms with Gasteiger partial charge < -0.3 is 9.88 Å². The van der Waals surface area contributed by atoms with E-state index in [2.05, 4.69) is 25.3 Å². The average molecular weight is 488 g/mol. The highest BCUT2D eigenvalue weighted by Crippen LogP contribution is 2.31. The standard InChI is InChI=1S/C24H21F5N6/c25-19-4-2-16(21(26)11-19)3-5-20-12-22(32-6-1-8-35-9-7-30-15-35)34-23(33-20)17-10-18(14-31-13-17)24(27,28)29/h2,4,7,9-15H,1,3,5-6,8H2,(H,32,33,34). The van der Waals surface area contributed by atoms with Crippen LogP contribution in [0.5, 0.6) is 0 Å². The molecule has 0 aliphatic heterocycles. The van der Waals surface area contributed by atoms with Crippen LogP contribution < -0.4 is 5.32 Å². The quantitative estimate of drug-likeness (QED) is 0.255. The van der Waals surface area contributed by atoms with E-state index in [1.807, 2.05) is 10.8 Å². The minimum atomic E-state index is -4.56. The SMILES string of the molecule is Fc1ccc(CCc2cc(NCCCn3ccnc3)nc(-c3cncc(C(F)(F)F)c3)n2)c(F)c1. The average Bonchev–Trinajstić information content (AvgIpc) is 3.34. The molecule has 3 aromatic heterocycles. The summed E-state index contributed by atoms with van der Waals surface area (Å²) in [7, 11) is 0. The zero-order valence-electron chi connectivity index (χ0n) is 18.4. The first kappa shape index (κ1) is 24.2.